The molecular weight excluding hydrogens is 380 g/mol. The van der Waals surface area contributed by atoms with Gasteiger partial charge >= 0.3 is 15.2 Å². The molecule has 0 radical (unpaired) electrons. The van der Waals surface area contributed by atoms with Crippen molar-refractivity contribution in [2.45, 2.75) is 45.9 Å². The third-order valence-corrected chi connectivity index (χ3v) is 10.2. The van der Waals surface area contributed by atoms with Crippen molar-refractivity contribution in [3.63, 3.8) is 0 Å². The van der Waals surface area contributed by atoms with Crippen molar-refractivity contribution in [2.75, 3.05) is 46.6 Å². The van der Waals surface area contributed by atoms with Crippen LogP contribution in [-0.4, -0.2) is 62.6 Å². The van der Waals surface area contributed by atoms with Crippen molar-refractivity contribution in [3.05, 3.63) is 0 Å². The average molecular weight is 413 g/mol. The Balaban J connectivity index is 3.28. The maximum Gasteiger partial charge on any atom is 0.345 e. The summed E-state index contributed by atoms with van der Waals surface area (Å²) >= 11 is 0. The van der Waals surface area contributed by atoms with Gasteiger partial charge in [-0.2, -0.15) is 0 Å². The quantitative estimate of drug-likeness (QED) is 0.447. The van der Waals surface area contributed by atoms with Gasteiger partial charge in [0.25, 0.3) is 0 Å². The van der Waals surface area contributed by atoms with Crippen LogP contribution in [0.4, 0.5) is 0 Å². The van der Waals surface area contributed by atoms with Crippen LogP contribution in [0.15, 0.2) is 0 Å². The maximum absolute atomic E-state index is 13.5. The largest absolute Gasteiger partial charge is 0.345 e. The topological polar surface area (TPSA) is 91.4 Å². The van der Waals surface area contributed by atoms with E-state index in [9.17, 15) is 13.9 Å². The fourth-order valence-corrected chi connectivity index (χ4v) is 8.59. The molecule has 26 heavy (non-hydrogen) atoms. The summed E-state index contributed by atoms with van der Waals surface area (Å²) in [5.74, 6) is -0.352. The maximum atomic E-state index is 13.5. The number of Topliss-reactive ketones (excluding diaryl/α,β-unsaturated/α-hetero) is 1. The zero-order chi connectivity index (χ0) is 19.8. The summed E-state index contributed by atoms with van der Waals surface area (Å²) in [6.07, 6.45) is 0.493. The fourth-order valence-electron chi connectivity index (χ4n) is 3.10. The minimum atomic E-state index is -3.81. The minimum Gasteiger partial charge on any atom is -0.308 e. The highest BCUT2D eigenvalue weighted by Gasteiger charge is 2.52. The molecule has 0 unspecified atom stereocenters. The number of rotatable bonds is 12. The molecule has 1 atom stereocenters. The van der Waals surface area contributed by atoms with Gasteiger partial charge in [-0.3, -0.25) is 13.9 Å². The van der Waals surface area contributed by atoms with E-state index in [1.54, 1.807) is 27.7 Å². The van der Waals surface area contributed by atoms with E-state index in [-0.39, 0.29) is 38.6 Å². The predicted molar refractivity (Wildman–Crippen MR) is 101 cm³/mol. The van der Waals surface area contributed by atoms with Crippen molar-refractivity contribution < 1.29 is 32.0 Å². The summed E-state index contributed by atoms with van der Waals surface area (Å²) in [7, 11) is -5.69. The molecule has 0 amide bonds. The number of ketones is 1. The first-order chi connectivity index (χ1) is 12.3. The number of hydrogen-bond donors (Lipinski definition) is 0. The highest BCUT2D eigenvalue weighted by atomic mass is 31.2. The molecule has 0 bridgehead atoms. The fraction of sp³-hybridized carbons (Fsp3) is 0.938. The Morgan fingerprint density at radius 2 is 1.38 bits per heavy atom. The average Bonchev–Trinajstić information content (AvgIpc) is 2.56. The molecule has 1 heterocycles. The first-order valence-electron chi connectivity index (χ1n) is 9.25. The first-order valence-corrected chi connectivity index (χ1v) is 12.5. The summed E-state index contributed by atoms with van der Waals surface area (Å²) in [6.45, 7) is 8.46. The summed E-state index contributed by atoms with van der Waals surface area (Å²) in [5, 5.41) is -1.13. The van der Waals surface area contributed by atoms with Crippen molar-refractivity contribution in [1.82, 2.24) is 4.90 Å². The van der Waals surface area contributed by atoms with E-state index in [0.717, 1.165) is 0 Å². The summed E-state index contributed by atoms with van der Waals surface area (Å²) in [6, 6.07) is 0. The molecule has 1 aliphatic rings. The highest BCUT2D eigenvalue weighted by molar-refractivity contribution is 7.72. The Kier molecular flexibility index (Phi) is 10.2. The van der Waals surface area contributed by atoms with E-state index in [2.05, 4.69) is 0 Å². The number of carbonyl (C=O) groups is 1. The van der Waals surface area contributed by atoms with Gasteiger partial charge in [-0.1, -0.05) is 0 Å². The second kappa shape index (κ2) is 11.1. The van der Waals surface area contributed by atoms with Crippen LogP contribution in [0.25, 0.3) is 0 Å². The molecule has 8 nitrogen and oxygen atoms in total. The van der Waals surface area contributed by atoms with Gasteiger partial charge < -0.3 is 23.0 Å². The Bertz CT molecular complexity index is 493. The number of likely N-dealkylation sites (tertiary alicyclic amines) is 1. The Morgan fingerprint density at radius 3 is 1.77 bits per heavy atom. The minimum absolute atomic E-state index is 0.0622. The van der Waals surface area contributed by atoms with Gasteiger partial charge in [0.05, 0.1) is 26.4 Å². The molecule has 0 spiro atoms. The van der Waals surface area contributed by atoms with Crippen LogP contribution in [0.5, 0.6) is 0 Å². The lowest BCUT2D eigenvalue weighted by Crippen LogP contribution is -2.40. The van der Waals surface area contributed by atoms with Crippen LogP contribution >= 0.6 is 15.2 Å². The predicted octanol–water partition coefficient (Wildman–Crippen LogP) is 3.76. The number of nitrogens with zero attached hydrogens (tertiary/aromatic N) is 1. The number of piperidine rings is 1. The second-order valence-corrected chi connectivity index (χ2v) is 11.0. The van der Waals surface area contributed by atoms with Crippen LogP contribution < -0.4 is 0 Å². The zero-order valence-electron chi connectivity index (χ0n) is 16.5. The van der Waals surface area contributed by atoms with Gasteiger partial charge in [-0.25, -0.2) is 0 Å². The van der Waals surface area contributed by atoms with Crippen molar-refractivity contribution in [1.29, 1.82) is 0 Å². The lowest BCUT2D eigenvalue weighted by atomic mass is 9.94. The normalized spacial score (nSPS) is 20.1. The van der Waals surface area contributed by atoms with Gasteiger partial charge in [0, 0.05) is 25.4 Å². The van der Waals surface area contributed by atoms with Crippen LogP contribution in [0.2, 0.25) is 0 Å². The van der Waals surface area contributed by atoms with E-state index in [4.69, 9.17) is 18.1 Å². The van der Waals surface area contributed by atoms with Gasteiger partial charge in [-0.05, 0) is 41.2 Å². The third kappa shape index (κ3) is 6.23. The highest BCUT2D eigenvalue weighted by Crippen LogP contribution is 2.72. The van der Waals surface area contributed by atoms with E-state index in [1.165, 1.54) is 0 Å². The second-order valence-electron chi connectivity index (χ2n) is 6.14. The lowest BCUT2D eigenvalue weighted by molar-refractivity contribution is -0.126. The van der Waals surface area contributed by atoms with Gasteiger partial charge in [0.2, 0.25) is 0 Å². The van der Waals surface area contributed by atoms with Crippen molar-refractivity contribution in [3.8, 4) is 0 Å². The standard InChI is InChI=1S/C16H33NO7P2/c1-6-21-25(19,22-7-2)16(26(20,23-8-3)24-9-4)12-14-13-17(5)11-10-15(14)18/h14,16H,6-13H2,1-5H3/t14-/m1/s1. The number of carbonyl (C=O) groups excluding carboxylic acids is 1. The van der Waals surface area contributed by atoms with E-state index < -0.39 is 26.5 Å². The first kappa shape index (κ1) is 24.0. The van der Waals surface area contributed by atoms with Gasteiger partial charge in [0.1, 0.15) is 5.78 Å². The molecule has 0 aromatic heterocycles. The van der Waals surface area contributed by atoms with Crippen LogP contribution in [0.1, 0.15) is 40.5 Å². The monoisotopic (exact) mass is 413 g/mol. The van der Waals surface area contributed by atoms with Crippen LogP contribution in [0.3, 0.4) is 0 Å². The zero-order valence-corrected chi connectivity index (χ0v) is 18.3. The molecule has 10 heteroatoms. The molecule has 1 aliphatic heterocycles. The molecule has 0 saturated carbocycles. The molecule has 0 aromatic carbocycles. The number of hydrogen-bond acceptors (Lipinski definition) is 8. The van der Waals surface area contributed by atoms with Crippen molar-refractivity contribution >= 4 is 21.0 Å². The third-order valence-electron chi connectivity index (χ3n) is 4.19. The molecule has 1 fully saturated rings. The molecular formula is C16H33NO7P2. The van der Waals surface area contributed by atoms with E-state index in [0.29, 0.717) is 19.5 Å². The van der Waals surface area contributed by atoms with Gasteiger partial charge in [-0.15, -0.1) is 0 Å². The molecule has 0 N–H and O–H groups in total. The van der Waals surface area contributed by atoms with E-state index >= 15 is 0 Å². The lowest BCUT2D eigenvalue weighted by Gasteiger charge is -2.35. The van der Waals surface area contributed by atoms with Crippen LogP contribution in [0, 0.1) is 5.92 Å². The summed E-state index contributed by atoms with van der Waals surface area (Å²) in [5.41, 5.74) is 0. The summed E-state index contributed by atoms with van der Waals surface area (Å²) in [4.78, 5) is 14.4. The molecule has 0 aromatic rings. The van der Waals surface area contributed by atoms with E-state index in [1.807, 2.05) is 11.9 Å². The summed E-state index contributed by atoms with van der Waals surface area (Å²) < 4.78 is 48.7. The molecule has 1 saturated heterocycles. The molecule has 0 aliphatic carbocycles. The molecule has 1 rings (SSSR count). The van der Waals surface area contributed by atoms with Gasteiger partial charge in [0.15, 0.2) is 5.40 Å². The van der Waals surface area contributed by atoms with Crippen molar-refractivity contribution in [2.24, 2.45) is 5.92 Å². The Morgan fingerprint density at radius 1 is 0.962 bits per heavy atom. The smallest absolute Gasteiger partial charge is 0.308 e. The SMILES string of the molecule is CCOP(=O)(OCC)C(C[C@@H]1CN(C)CCC1=O)P(=O)(OCC)OCC. The van der Waals surface area contributed by atoms with Crippen LogP contribution in [-0.2, 0) is 32.0 Å². The Labute approximate surface area is 157 Å². The molecule has 154 valence electrons. The Hall–Kier alpha value is -0.0700.